The molecule has 0 spiro atoms. The Morgan fingerprint density at radius 3 is 2.55 bits per heavy atom. The summed E-state index contributed by atoms with van der Waals surface area (Å²) in [6.07, 6.45) is 4.08. The lowest BCUT2D eigenvalue weighted by Crippen LogP contribution is -2.09. The van der Waals surface area contributed by atoms with Crippen LogP contribution in [0.25, 0.3) is 6.08 Å². The van der Waals surface area contributed by atoms with E-state index in [2.05, 4.69) is 23.5 Å². The highest BCUT2D eigenvalue weighted by Crippen LogP contribution is 2.19. The lowest BCUT2D eigenvalue weighted by molar-refractivity contribution is 0.174. The average Bonchev–Trinajstić information content (AvgIpc) is 2.49. The van der Waals surface area contributed by atoms with Crippen LogP contribution in [0, 0.1) is 0 Å². The maximum atomic E-state index is 6.04. The molecule has 0 aliphatic carbocycles. The van der Waals surface area contributed by atoms with Crippen molar-refractivity contribution in [2.45, 2.75) is 0 Å². The van der Waals surface area contributed by atoms with Gasteiger partial charge in [0, 0.05) is 6.54 Å². The third-order valence-corrected chi connectivity index (χ3v) is 3.09. The van der Waals surface area contributed by atoms with Gasteiger partial charge < -0.3 is 10.1 Å². The molecular weight excluding hydrogens is 270 g/mol. The summed E-state index contributed by atoms with van der Waals surface area (Å²) in [5, 5.41) is 3.97. The zero-order valence-corrected chi connectivity index (χ0v) is 12.0. The fourth-order valence-corrected chi connectivity index (χ4v) is 1.96. The number of anilines is 1. The average molecular weight is 288 g/mol. The van der Waals surface area contributed by atoms with Gasteiger partial charge in [0.1, 0.15) is 0 Å². The van der Waals surface area contributed by atoms with Gasteiger partial charge in [-0.05, 0) is 17.7 Å². The number of para-hydroxylation sites is 1. The maximum Gasteiger partial charge on any atom is 0.0651 e. The van der Waals surface area contributed by atoms with Crippen molar-refractivity contribution < 1.29 is 4.74 Å². The van der Waals surface area contributed by atoms with Gasteiger partial charge >= 0.3 is 0 Å². The van der Waals surface area contributed by atoms with E-state index in [9.17, 15) is 0 Å². The van der Waals surface area contributed by atoms with E-state index in [0.29, 0.717) is 13.2 Å². The van der Waals surface area contributed by atoms with Crippen molar-refractivity contribution in [3.05, 3.63) is 71.3 Å². The molecule has 0 heterocycles. The minimum atomic E-state index is 0.610. The Bertz CT molecular complexity index is 540. The van der Waals surface area contributed by atoms with Crippen molar-refractivity contribution in [1.82, 2.24) is 0 Å². The largest absolute Gasteiger partial charge is 0.382 e. The Labute approximate surface area is 125 Å². The van der Waals surface area contributed by atoms with E-state index in [4.69, 9.17) is 16.3 Å². The molecule has 0 amide bonds. The minimum absolute atomic E-state index is 0.610. The van der Waals surface area contributed by atoms with Crippen LogP contribution in [0.3, 0.4) is 0 Å². The van der Waals surface area contributed by atoms with Gasteiger partial charge in [-0.25, -0.2) is 0 Å². The van der Waals surface area contributed by atoms with Crippen LogP contribution in [0.5, 0.6) is 0 Å². The van der Waals surface area contributed by atoms with Crippen LogP contribution in [-0.4, -0.2) is 19.8 Å². The van der Waals surface area contributed by atoms with Crippen molar-refractivity contribution in [1.29, 1.82) is 0 Å². The SMILES string of the molecule is Clc1ccccc1NCCOCC=Cc1ccccc1. The molecular formula is C17H18ClNO. The Hall–Kier alpha value is -1.77. The molecule has 2 aromatic carbocycles. The number of halogens is 1. The lowest BCUT2D eigenvalue weighted by atomic mass is 10.2. The van der Waals surface area contributed by atoms with Gasteiger partial charge in [0.2, 0.25) is 0 Å². The smallest absolute Gasteiger partial charge is 0.0651 e. The van der Waals surface area contributed by atoms with Crippen LogP contribution < -0.4 is 5.32 Å². The first kappa shape index (κ1) is 14.6. The zero-order valence-electron chi connectivity index (χ0n) is 11.3. The molecule has 0 saturated heterocycles. The predicted octanol–water partition coefficient (Wildman–Crippen LogP) is 4.48. The number of hydrogen-bond donors (Lipinski definition) is 1. The topological polar surface area (TPSA) is 21.3 Å². The van der Waals surface area contributed by atoms with Crippen LogP contribution in [0.15, 0.2) is 60.7 Å². The van der Waals surface area contributed by atoms with E-state index in [1.807, 2.05) is 48.5 Å². The molecule has 0 atom stereocenters. The first-order valence-electron chi connectivity index (χ1n) is 6.64. The highest BCUT2D eigenvalue weighted by atomic mass is 35.5. The number of rotatable bonds is 7. The molecule has 0 aromatic heterocycles. The van der Waals surface area contributed by atoms with E-state index in [1.54, 1.807) is 0 Å². The second-order valence-electron chi connectivity index (χ2n) is 4.29. The third-order valence-electron chi connectivity index (χ3n) is 2.76. The molecule has 2 rings (SSSR count). The molecule has 0 bridgehead atoms. The number of benzene rings is 2. The minimum Gasteiger partial charge on any atom is -0.382 e. The van der Waals surface area contributed by atoms with Gasteiger partial charge in [-0.3, -0.25) is 0 Å². The van der Waals surface area contributed by atoms with Gasteiger partial charge in [0.15, 0.2) is 0 Å². The van der Waals surface area contributed by atoms with Crippen molar-refractivity contribution in [2.24, 2.45) is 0 Å². The van der Waals surface area contributed by atoms with E-state index >= 15 is 0 Å². The summed E-state index contributed by atoms with van der Waals surface area (Å²) in [6, 6.07) is 17.9. The van der Waals surface area contributed by atoms with Crippen LogP contribution in [0.4, 0.5) is 5.69 Å². The first-order chi connectivity index (χ1) is 9.86. The predicted molar refractivity (Wildman–Crippen MR) is 86.2 cm³/mol. The molecule has 0 unspecified atom stereocenters. The van der Waals surface area contributed by atoms with Crippen molar-refractivity contribution in [3.8, 4) is 0 Å². The molecule has 3 heteroatoms. The van der Waals surface area contributed by atoms with E-state index in [-0.39, 0.29) is 0 Å². The molecule has 1 N–H and O–H groups in total. The molecule has 20 heavy (non-hydrogen) atoms. The molecule has 104 valence electrons. The molecule has 2 nitrogen and oxygen atoms in total. The fourth-order valence-electron chi connectivity index (χ4n) is 1.76. The molecule has 0 aliphatic heterocycles. The summed E-state index contributed by atoms with van der Waals surface area (Å²) < 4.78 is 5.52. The van der Waals surface area contributed by atoms with Gasteiger partial charge in [0.05, 0.1) is 23.9 Å². The van der Waals surface area contributed by atoms with Gasteiger partial charge in [-0.15, -0.1) is 0 Å². The second kappa shape index (κ2) is 8.41. The van der Waals surface area contributed by atoms with Crippen LogP contribution in [0.1, 0.15) is 5.56 Å². The van der Waals surface area contributed by atoms with E-state index < -0.39 is 0 Å². The number of ether oxygens (including phenoxy) is 1. The Morgan fingerprint density at radius 2 is 1.75 bits per heavy atom. The standard InChI is InChI=1S/C17H18ClNO/c18-16-10-4-5-11-17(16)19-12-14-20-13-6-9-15-7-2-1-3-8-15/h1-11,19H,12-14H2. The fraction of sp³-hybridized carbons (Fsp3) is 0.176. The number of nitrogens with one attached hydrogen (secondary N) is 1. The molecule has 0 radical (unpaired) electrons. The van der Waals surface area contributed by atoms with Gasteiger partial charge in [-0.1, -0.05) is 66.2 Å². The van der Waals surface area contributed by atoms with Gasteiger partial charge in [0.25, 0.3) is 0 Å². The van der Waals surface area contributed by atoms with Crippen LogP contribution in [-0.2, 0) is 4.74 Å². The van der Waals surface area contributed by atoms with E-state index in [0.717, 1.165) is 17.3 Å². The maximum absolute atomic E-state index is 6.04. The highest BCUT2D eigenvalue weighted by molar-refractivity contribution is 6.33. The molecule has 0 fully saturated rings. The molecule has 0 saturated carbocycles. The Kier molecular flexibility index (Phi) is 6.15. The first-order valence-corrected chi connectivity index (χ1v) is 7.02. The summed E-state index contributed by atoms with van der Waals surface area (Å²) in [4.78, 5) is 0. The summed E-state index contributed by atoms with van der Waals surface area (Å²) >= 11 is 6.04. The zero-order chi connectivity index (χ0) is 14.0. The van der Waals surface area contributed by atoms with Crippen LogP contribution >= 0.6 is 11.6 Å². The summed E-state index contributed by atoms with van der Waals surface area (Å²) in [7, 11) is 0. The summed E-state index contributed by atoms with van der Waals surface area (Å²) in [6.45, 7) is 1.99. The summed E-state index contributed by atoms with van der Waals surface area (Å²) in [5.74, 6) is 0. The lowest BCUT2D eigenvalue weighted by Gasteiger charge is -2.07. The van der Waals surface area contributed by atoms with Crippen LogP contribution in [0.2, 0.25) is 5.02 Å². The van der Waals surface area contributed by atoms with Crippen molar-refractivity contribution in [2.75, 3.05) is 25.1 Å². The number of hydrogen-bond acceptors (Lipinski definition) is 2. The van der Waals surface area contributed by atoms with Crippen molar-refractivity contribution >= 4 is 23.4 Å². The quantitative estimate of drug-likeness (QED) is 0.758. The Balaban J connectivity index is 1.61. The molecule has 2 aromatic rings. The summed E-state index contributed by atoms with van der Waals surface area (Å²) in [5.41, 5.74) is 2.13. The normalized spacial score (nSPS) is 10.8. The Morgan fingerprint density at radius 1 is 1.00 bits per heavy atom. The second-order valence-corrected chi connectivity index (χ2v) is 4.70. The monoisotopic (exact) mass is 287 g/mol. The highest BCUT2D eigenvalue weighted by Gasteiger charge is 1.96. The van der Waals surface area contributed by atoms with Gasteiger partial charge in [-0.2, -0.15) is 0 Å². The van der Waals surface area contributed by atoms with Crippen molar-refractivity contribution in [3.63, 3.8) is 0 Å². The third kappa shape index (κ3) is 5.08. The molecule has 0 aliphatic rings. The van der Waals surface area contributed by atoms with E-state index in [1.165, 1.54) is 5.56 Å².